The van der Waals surface area contributed by atoms with Crippen molar-refractivity contribution in [3.05, 3.63) is 0 Å². The number of carbonyl (C=O) groups is 3. The van der Waals surface area contributed by atoms with Crippen LogP contribution < -0.4 is 11.5 Å². The first kappa shape index (κ1) is 17.4. The summed E-state index contributed by atoms with van der Waals surface area (Å²) < 4.78 is 0. The number of nitrogens with two attached hydrogens (primary N) is 2. The Morgan fingerprint density at radius 1 is 1.48 bits per heavy atom. The van der Waals surface area contributed by atoms with Crippen LogP contribution in [-0.4, -0.2) is 70.4 Å². The molecule has 0 saturated carbocycles. The molecule has 3 unspecified atom stereocenters. The molecule has 120 valence electrons. The van der Waals surface area contributed by atoms with Crippen LogP contribution in [-0.2, 0) is 14.4 Å². The van der Waals surface area contributed by atoms with E-state index in [1.54, 1.807) is 13.8 Å². The van der Waals surface area contributed by atoms with E-state index in [1.807, 2.05) is 0 Å². The first-order valence-electron chi connectivity index (χ1n) is 6.75. The highest BCUT2D eigenvalue weighted by atomic mass is 16.3. The van der Waals surface area contributed by atoms with E-state index in [0.717, 1.165) is 4.90 Å². The van der Waals surface area contributed by atoms with Crippen molar-refractivity contribution in [2.75, 3.05) is 14.1 Å². The predicted octanol–water partition coefficient (Wildman–Crippen LogP) is -2.13. The lowest BCUT2D eigenvalue weighted by Gasteiger charge is -2.40. The molecular formula is C13H24N4O4. The highest BCUT2D eigenvalue weighted by Gasteiger charge is 2.57. The molecule has 1 aliphatic rings. The average molecular weight is 300 g/mol. The van der Waals surface area contributed by atoms with Gasteiger partial charge >= 0.3 is 0 Å². The fourth-order valence-electron chi connectivity index (χ4n) is 2.90. The second kappa shape index (κ2) is 5.61. The van der Waals surface area contributed by atoms with Gasteiger partial charge in [0.1, 0.15) is 11.6 Å². The third-order valence-electron chi connectivity index (χ3n) is 4.66. The molecular weight excluding hydrogens is 276 g/mol. The smallest absolute Gasteiger partial charge is 0.249 e. The maximum atomic E-state index is 12.8. The maximum absolute atomic E-state index is 12.8. The van der Waals surface area contributed by atoms with Gasteiger partial charge in [0.05, 0.1) is 12.1 Å². The monoisotopic (exact) mass is 300 g/mol. The molecule has 5 atom stereocenters. The number of primary amides is 1. The summed E-state index contributed by atoms with van der Waals surface area (Å²) in [5.74, 6) is -2.07. The lowest BCUT2D eigenvalue weighted by molar-refractivity contribution is -0.153. The first-order chi connectivity index (χ1) is 9.47. The van der Waals surface area contributed by atoms with Crippen LogP contribution in [0.4, 0.5) is 0 Å². The molecule has 8 heteroatoms. The van der Waals surface area contributed by atoms with E-state index in [2.05, 4.69) is 0 Å². The van der Waals surface area contributed by atoms with E-state index in [-0.39, 0.29) is 5.91 Å². The molecule has 0 bridgehead atoms. The van der Waals surface area contributed by atoms with E-state index < -0.39 is 41.5 Å². The van der Waals surface area contributed by atoms with Gasteiger partial charge in [0.25, 0.3) is 0 Å². The zero-order valence-electron chi connectivity index (χ0n) is 13.0. The molecule has 21 heavy (non-hydrogen) atoms. The quantitative estimate of drug-likeness (QED) is 0.546. The molecule has 0 aliphatic carbocycles. The molecule has 1 heterocycles. The third-order valence-corrected chi connectivity index (χ3v) is 4.66. The van der Waals surface area contributed by atoms with Crippen LogP contribution in [0.3, 0.4) is 0 Å². The molecule has 5 N–H and O–H groups in total. The minimum atomic E-state index is -1.19. The first-order valence-corrected chi connectivity index (χ1v) is 6.75. The number of likely N-dealkylation sites (N-methyl/N-ethyl adjacent to an activating group) is 2. The number of nitrogens with zero attached hydrogens (tertiary/aromatic N) is 2. The lowest BCUT2D eigenvalue weighted by atomic mass is 9.84. The van der Waals surface area contributed by atoms with Crippen LogP contribution in [0.15, 0.2) is 0 Å². The number of hydrogen-bond donors (Lipinski definition) is 3. The van der Waals surface area contributed by atoms with Gasteiger partial charge in [-0.2, -0.15) is 0 Å². The minimum absolute atomic E-state index is 0.334. The van der Waals surface area contributed by atoms with Crippen LogP contribution in [0, 0.1) is 5.92 Å². The van der Waals surface area contributed by atoms with E-state index in [1.165, 1.54) is 25.9 Å². The summed E-state index contributed by atoms with van der Waals surface area (Å²) in [7, 11) is 2.88. The Hall–Kier alpha value is -1.67. The van der Waals surface area contributed by atoms with Crippen LogP contribution in [0.25, 0.3) is 0 Å². The Bertz CT molecular complexity index is 467. The highest BCUT2D eigenvalue weighted by molar-refractivity contribution is 5.99. The number of aliphatic hydroxyl groups excluding tert-OH is 1. The number of likely N-dealkylation sites (tertiary alicyclic amines) is 1. The highest BCUT2D eigenvalue weighted by Crippen LogP contribution is 2.35. The zero-order valence-corrected chi connectivity index (χ0v) is 13.0. The Kier molecular flexibility index (Phi) is 4.64. The fourth-order valence-corrected chi connectivity index (χ4v) is 2.90. The summed E-state index contributed by atoms with van der Waals surface area (Å²) in [5, 5.41) is 9.66. The number of aliphatic hydroxyl groups is 1. The van der Waals surface area contributed by atoms with E-state index in [4.69, 9.17) is 11.5 Å². The number of rotatable bonds is 4. The van der Waals surface area contributed by atoms with Gasteiger partial charge in [0, 0.05) is 20.0 Å². The summed E-state index contributed by atoms with van der Waals surface area (Å²) in [5.41, 5.74) is 9.88. The Morgan fingerprint density at radius 3 is 2.24 bits per heavy atom. The van der Waals surface area contributed by atoms with Crippen molar-refractivity contribution >= 4 is 17.7 Å². The predicted molar refractivity (Wildman–Crippen MR) is 75.7 cm³/mol. The van der Waals surface area contributed by atoms with Crippen LogP contribution in [0.5, 0.6) is 0 Å². The standard InChI is InChI=1S/C13H24N4O4/c1-6-8(14)11(20)17(5)13(6,3)12(21)16(4)9(7(2)18)10(15)19/h6-9,18H,14H2,1-5H3,(H2,15,19)/t6?,7-,8?,9+,13?/m1/s1. The van der Waals surface area contributed by atoms with Crippen molar-refractivity contribution in [1.29, 1.82) is 0 Å². The number of hydrogen-bond acceptors (Lipinski definition) is 5. The van der Waals surface area contributed by atoms with Crippen molar-refractivity contribution in [3.8, 4) is 0 Å². The van der Waals surface area contributed by atoms with E-state index in [9.17, 15) is 19.5 Å². The van der Waals surface area contributed by atoms with E-state index >= 15 is 0 Å². The molecule has 0 radical (unpaired) electrons. The SMILES string of the molecule is CC1C(N)C(=O)N(C)C1(C)C(=O)N(C)[C@H](C(N)=O)[C@@H](C)O. The Morgan fingerprint density at radius 2 is 1.95 bits per heavy atom. The van der Waals surface area contributed by atoms with Gasteiger partial charge in [0.15, 0.2) is 0 Å². The molecule has 1 fully saturated rings. The van der Waals surface area contributed by atoms with Crippen LogP contribution in [0.1, 0.15) is 20.8 Å². The molecule has 1 aliphatic heterocycles. The third kappa shape index (κ3) is 2.49. The second-order valence-corrected chi connectivity index (χ2v) is 5.86. The van der Waals surface area contributed by atoms with Crippen molar-refractivity contribution in [2.24, 2.45) is 17.4 Å². The second-order valence-electron chi connectivity index (χ2n) is 5.86. The van der Waals surface area contributed by atoms with Gasteiger partial charge < -0.3 is 26.4 Å². The topological polar surface area (TPSA) is 130 Å². The average Bonchev–Trinajstić information content (AvgIpc) is 2.53. The molecule has 0 spiro atoms. The summed E-state index contributed by atoms with van der Waals surface area (Å²) >= 11 is 0. The normalized spacial score (nSPS) is 32.0. The summed E-state index contributed by atoms with van der Waals surface area (Å²) in [4.78, 5) is 38.6. The van der Waals surface area contributed by atoms with Gasteiger partial charge in [-0.15, -0.1) is 0 Å². The Labute approximate surface area is 124 Å². The van der Waals surface area contributed by atoms with E-state index in [0.29, 0.717) is 0 Å². The Balaban J connectivity index is 3.17. The lowest BCUT2D eigenvalue weighted by Crippen LogP contribution is -2.62. The molecule has 3 amide bonds. The van der Waals surface area contributed by atoms with Crippen molar-refractivity contribution in [3.63, 3.8) is 0 Å². The molecule has 0 aromatic heterocycles. The maximum Gasteiger partial charge on any atom is 0.249 e. The molecule has 8 nitrogen and oxygen atoms in total. The fraction of sp³-hybridized carbons (Fsp3) is 0.769. The summed E-state index contributed by atoms with van der Waals surface area (Å²) in [6.45, 7) is 4.68. The largest absolute Gasteiger partial charge is 0.391 e. The zero-order chi connectivity index (χ0) is 16.7. The van der Waals surface area contributed by atoms with Crippen molar-refractivity contribution < 1.29 is 19.5 Å². The molecule has 1 saturated heterocycles. The number of carbonyl (C=O) groups excluding carboxylic acids is 3. The van der Waals surface area contributed by atoms with Crippen molar-refractivity contribution in [1.82, 2.24) is 9.80 Å². The summed E-state index contributed by atoms with van der Waals surface area (Å²) in [6.07, 6.45) is -1.12. The molecule has 0 aromatic carbocycles. The molecule has 0 aromatic rings. The van der Waals surface area contributed by atoms with Gasteiger partial charge in [0.2, 0.25) is 17.7 Å². The van der Waals surface area contributed by atoms with Crippen molar-refractivity contribution in [2.45, 2.75) is 44.5 Å². The van der Waals surface area contributed by atoms with Gasteiger partial charge in [-0.1, -0.05) is 6.92 Å². The molecule has 1 rings (SSSR count). The van der Waals surface area contributed by atoms with Gasteiger partial charge in [-0.05, 0) is 13.8 Å². The number of amides is 3. The minimum Gasteiger partial charge on any atom is -0.391 e. The van der Waals surface area contributed by atoms with Gasteiger partial charge in [-0.3, -0.25) is 14.4 Å². The summed E-state index contributed by atoms with van der Waals surface area (Å²) in [6, 6.07) is -1.95. The van der Waals surface area contributed by atoms with Crippen LogP contribution in [0.2, 0.25) is 0 Å². The van der Waals surface area contributed by atoms with Crippen LogP contribution >= 0.6 is 0 Å². The van der Waals surface area contributed by atoms with Gasteiger partial charge in [-0.25, -0.2) is 0 Å².